The SMILES string of the molecule is CCc1cccc(CC)c1Nc1nnc(SCCC#N)s1. The Morgan fingerprint density at radius 1 is 1.24 bits per heavy atom. The third kappa shape index (κ3) is 4.19. The Kier molecular flexibility index (Phi) is 6.03. The second-order valence-electron chi connectivity index (χ2n) is 4.41. The average molecular weight is 318 g/mol. The molecular formula is C15H18N4S2. The number of para-hydroxylation sites is 1. The van der Waals surface area contributed by atoms with Crippen molar-refractivity contribution >= 4 is 33.9 Å². The van der Waals surface area contributed by atoms with Crippen LogP contribution in [0.4, 0.5) is 10.8 Å². The molecule has 110 valence electrons. The number of nitriles is 1. The van der Waals surface area contributed by atoms with Crippen LogP contribution in [0, 0.1) is 11.3 Å². The van der Waals surface area contributed by atoms with E-state index < -0.39 is 0 Å². The van der Waals surface area contributed by atoms with Gasteiger partial charge in [-0.15, -0.1) is 10.2 Å². The molecule has 0 atom stereocenters. The first kappa shape index (κ1) is 15.8. The lowest BCUT2D eigenvalue weighted by Crippen LogP contribution is -1.99. The number of nitrogens with one attached hydrogen (secondary N) is 1. The van der Waals surface area contributed by atoms with Crippen LogP contribution >= 0.6 is 23.1 Å². The molecule has 0 bridgehead atoms. The first-order chi connectivity index (χ1) is 10.3. The normalized spacial score (nSPS) is 10.3. The second kappa shape index (κ2) is 8.01. The lowest BCUT2D eigenvalue weighted by atomic mass is 10.0. The molecule has 1 aromatic carbocycles. The molecule has 0 radical (unpaired) electrons. The minimum Gasteiger partial charge on any atom is -0.330 e. The number of thioether (sulfide) groups is 1. The van der Waals surface area contributed by atoms with Gasteiger partial charge < -0.3 is 5.32 Å². The minimum absolute atomic E-state index is 0.533. The summed E-state index contributed by atoms with van der Waals surface area (Å²) in [6, 6.07) is 8.53. The molecular weight excluding hydrogens is 300 g/mol. The van der Waals surface area contributed by atoms with Crippen LogP contribution in [0.15, 0.2) is 22.5 Å². The summed E-state index contributed by atoms with van der Waals surface area (Å²) in [5.74, 6) is 0.761. The first-order valence-electron chi connectivity index (χ1n) is 6.99. The number of nitrogens with zero attached hydrogens (tertiary/aromatic N) is 3. The Labute approximate surface area is 133 Å². The van der Waals surface area contributed by atoms with Crippen molar-refractivity contribution in [3.8, 4) is 6.07 Å². The van der Waals surface area contributed by atoms with E-state index in [1.807, 2.05) is 0 Å². The van der Waals surface area contributed by atoms with Crippen molar-refractivity contribution in [3.05, 3.63) is 29.3 Å². The maximum absolute atomic E-state index is 8.55. The third-order valence-electron chi connectivity index (χ3n) is 3.08. The fraction of sp³-hybridized carbons (Fsp3) is 0.400. The van der Waals surface area contributed by atoms with Gasteiger partial charge in [0.15, 0.2) is 4.34 Å². The molecule has 4 nitrogen and oxygen atoms in total. The quantitative estimate of drug-likeness (QED) is 0.605. The topological polar surface area (TPSA) is 61.6 Å². The van der Waals surface area contributed by atoms with Crippen LogP contribution in [0.2, 0.25) is 0 Å². The molecule has 0 spiro atoms. The van der Waals surface area contributed by atoms with Crippen molar-refractivity contribution in [1.82, 2.24) is 10.2 Å². The molecule has 6 heteroatoms. The Balaban J connectivity index is 2.13. The Hall–Kier alpha value is -1.58. The Morgan fingerprint density at radius 2 is 1.95 bits per heavy atom. The van der Waals surface area contributed by atoms with E-state index in [2.05, 4.69) is 53.6 Å². The van der Waals surface area contributed by atoms with Gasteiger partial charge in [0.05, 0.1) is 6.07 Å². The van der Waals surface area contributed by atoms with Gasteiger partial charge in [0.25, 0.3) is 0 Å². The van der Waals surface area contributed by atoms with Gasteiger partial charge in [-0.1, -0.05) is 55.1 Å². The molecule has 1 aromatic heterocycles. The maximum Gasteiger partial charge on any atom is 0.210 e. The van der Waals surface area contributed by atoms with Crippen molar-refractivity contribution in [1.29, 1.82) is 5.26 Å². The van der Waals surface area contributed by atoms with Gasteiger partial charge in [-0.25, -0.2) is 0 Å². The predicted octanol–water partition coefficient (Wildman–Crippen LogP) is 4.41. The van der Waals surface area contributed by atoms with Crippen LogP contribution < -0.4 is 5.32 Å². The Morgan fingerprint density at radius 3 is 2.57 bits per heavy atom. The maximum atomic E-state index is 8.55. The number of hydrogen-bond acceptors (Lipinski definition) is 6. The lowest BCUT2D eigenvalue weighted by Gasteiger charge is -2.13. The molecule has 0 fully saturated rings. The number of aromatic nitrogens is 2. The predicted molar refractivity (Wildman–Crippen MR) is 89.3 cm³/mol. The Bertz CT molecular complexity index is 609. The average Bonchev–Trinajstić information content (AvgIpc) is 2.95. The molecule has 2 aromatic rings. The molecule has 0 aliphatic rings. The number of hydrogen-bond donors (Lipinski definition) is 1. The fourth-order valence-electron chi connectivity index (χ4n) is 2.01. The van der Waals surface area contributed by atoms with Gasteiger partial charge in [-0.05, 0) is 24.0 Å². The minimum atomic E-state index is 0.533. The fourth-order valence-corrected chi connectivity index (χ4v) is 3.68. The van der Waals surface area contributed by atoms with E-state index in [-0.39, 0.29) is 0 Å². The number of anilines is 2. The second-order valence-corrected chi connectivity index (χ2v) is 6.73. The summed E-state index contributed by atoms with van der Waals surface area (Å²) < 4.78 is 0.903. The summed E-state index contributed by atoms with van der Waals surface area (Å²) >= 11 is 3.12. The highest BCUT2D eigenvalue weighted by atomic mass is 32.2. The number of aryl methyl sites for hydroxylation is 2. The zero-order valence-corrected chi connectivity index (χ0v) is 13.9. The third-order valence-corrected chi connectivity index (χ3v) is 5.05. The van der Waals surface area contributed by atoms with Crippen LogP contribution in [-0.4, -0.2) is 16.0 Å². The summed E-state index contributed by atoms with van der Waals surface area (Å²) in [4.78, 5) is 0. The van der Waals surface area contributed by atoms with Gasteiger partial charge in [0.2, 0.25) is 5.13 Å². The van der Waals surface area contributed by atoms with Crippen LogP contribution in [0.3, 0.4) is 0 Å². The van der Waals surface area contributed by atoms with Crippen LogP contribution in [-0.2, 0) is 12.8 Å². The molecule has 0 aliphatic carbocycles. The van der Waals surface area contributed by atoms with Crippen molar-refractivity contribution < 1.29 is 0 Å². The van der Waals surface area contributed by atoms with E-state index >= 15 is 0 Å². The van der Waals surface area contributed by atoms with Crippen molar-refractivity contribution in [3.63, 3.8) is 0 Å². The smallest absolute Gasteiger partial charge is 0.210 e. The highest BCUT2D eigenvalue weighted by molar-refractivity contribution is 8.01. The highest BCUT2D eigenvalue weighted by Gasteiger charge is 2.10. The van der Waals surface area contributed by atoms with Gasteiger partial charge in [0.1, 0.15) is 0 Å². The van der Waals surface area contributed by atoms with Crippen LogP contribution in [0.25, 0.3) is 0 Å². The summed E-state index contributed by atoms with van der Waals surface area (Å²) in [7, 11) is 0. The van der Waals surface area contributed by atoms with E-state index in [1.54, 1.807) is 11.8 Å². The van der Waals surface area contributed by atoms with Crippen molar-refractivity contribution in [2.75, 3.05) is 11.1 Å². The highest BCUT2D eigenvalue weighted by Crippen LogP contribution is 2.31. The van der Waals surface area contributed by atoms with Gasteiger partial charge in [-0.2, -0.15) is 5.26 Å². The van der Waals surface area contributed by atoms with Gasteiger partial charge >= 0.3 is 0 Å². The molecule has 2 rings (SSSR count). The molecule has 1 heterocycles. The summed E-state index contributed by atoms with van der Waals surface area (Å²) in [6.07, 6.45) is 2.50. The number of benzene rings is 1. The largest absolute Gasteiger partial charge is 0.330 e. The van der Waals surface area contributed by atoms with E-state index in [0.29, 0.717) is 6.42 Å². The zero-order chi connectivity index (χ0) is 15.1. The van der Waals surface area contributed by atoms with Gasteiger partial charge in [0, 0.05) is 17.9 Å². The summed E-state index contributed by atoms with van der Waals surface area (Å²) in [6.45, 7) is 4.31. The molecule has 1 N–H and O–H groups in total. The standard InChI is InChI=1S/C15H18N4S2/c1-3-11-7-5-8-12(4-2)13(11)17-14-18-19-15(21-14)20-10-6-9-16/h5,7-8H,3-4,6,10H2,1-2H3,(H,17,18). The van der Waals surface area contributed by atoms with E-state index in [4.69, 9.17) is 5.26 Å². The summed E-state index contributed by atoms with van der Waals surface area (Å²) in [5, 5.41) is 21.1. The van der Waals surface area contributed by atoms with Gasteiger partial charge in [-0.3, -0.25) is 0 Å². The zero-order valence-electron chi connectivity index (χ0n) is 12.2. The van der Waals surface area contributed by atoms with Crippen LogP contribution in [0.1, 0.15) is 31.4 Å². The molecule has 0 aliphatic heterocycles. The molecule has 0 saturated carbocycles. The van der Waals surface area contributed by atoms with E-state index in [1.165, 1.54) is 22.5 Å². The lowest BCUT2D eigenvalue weighted by molar-refractivity contribution is 1.01. The van der Waals surface area contributed by atoms with Crippen molar-refractivity contribution in [2.45, 2.75) is 37.4 Å². The monoisotopic (exact) mass is 318 g/mol. The van der Waals surface area contributed by atoms with Crippen molar-refractivity contribution in [2.24, 2.45) is 0 Å². The molecule has 0 unspecified atom stereocenters. The van der Waals surface area contributed by atoms with E-state index in [0.717, 1.165) is 33.8 Å². The number of rotatable bonds is 7. The van der Waals surface area contributed by atoms with E-state index in [9.17, 15) is 0 Å². The van der Waals surface area contributed by atoms with Crippen LogP contribution in [0.5, 0.6) is 0 Å². The summed E-state index contributed by atoms with van der Waals surface area (Å²) in [5.41, 5.74) is 3.75. The molecule has 21 heavy (non-hydrogen) atoms. The molecule has 0 amide bonds. The first-order valence-corrected chi connectivity index (χ1v) is 8.79. The molecule has 0 saturated heterocycles.